The number of hydrogen-bond acceptors (Lipinski definition) is 2. The van der Waals surface area contributed by atoms with Gasteiger partial charge >= 0.3 is 0 Å². The van der Waals surface area contributed by atoms with Gasteiger partial charge in [0.15, 0.2) is 0 Å². The average Bonchev–Trinajstić information content (AvgIpc) is 2.41. The third kappa shape index (κ3) is 4.32. The van der Waals surface area contributed by atoms with Gasteiger partial charge in [0.1, 0.15) is 0 Å². The standard InChI is InChI=1S/C17H30N2/c1-6-13(3)12-19(7-2)17(11-18)16-9-8-14(4)15(5)10-16/h8-10,13,17H,6-7,11-12,18H2,1-5H3. The molecule has 19 heavy (non-hydrogen) atoms. The molecule has 0 fully saturated rings. The molecule has 0 bridgehead atoms. The number of likely N-dealkylation sites (N-methyl/N-ethyl adjacent to an activating group) is 1. The van der Waals surface area contributed by atoms with E-state index in [2.05, 4.69) is 57.7 Å². The van der Waals surface area contributed by atoms with Crippen molar-refractivity contribution < 1.29 is 0 Å². The number of aryl methyl sites for hydroxylation is 2. The predicted molar refractivity (Wildman–Crippen MR) is 84.4 cm³/mol. The zero-order chi connectivity index (χ0) is 14.4. The fourth-order valence-corrected chi connectivity index (χ4v) is 2.47. The average molecular weight is 262 g/mol. The van der Waals surface area contributed by atoms with E-state index < -0.39 is 0 Å². The molecule has 2 unspecified atom stereocenters. The van der Waals surface area contributed by atoms with E-state index in [1.807, 2.05) is 0 Å². The van der Waals surface area contributed by atoms with Crippen molar-refractivity contribution in [2.24, 2.45) is 11.7 Å². The second-order valence-corrected chi connectivity index (χ2v) is 5.70. The van der Waals surface area contributed by atoms with E-state index in [0.29, 0.717) is 12.6 Å². The van der Waals surface area contributed by atoms with Crippen molar-refractivity contribution in [3.8, 4) is 0 Å². The minimum atomic E-state index is 0.346. The maximum atomic E-state index is 6.04. The number of nitrogens with two attached hydrogens (primary N) is 1. The lowest BCUT2D eigenvalue weighted by molar-refractivity contribution is 0.182. The van der Waals surface area contributed by atoms with E-state index >= 15 is 0 Å². The summed E-state index contributed by atoms with van der Waals surface area (Å²) in [6, 6.07) is 7.09. The first-order valence-corrected chi connectivity index (χ1v) is 7.54. The summed E-state index contributed by atoms with van der Waals surface area (Å²) < 4.78 is 0. The Labute approximate surface area is 119 Å². The van der Waals surface area contributed by atoms with Crippen molar-refractivity contribution in [2.75, 3.05) is 19.6 Å². The minimum Gasteiger partial charge on any atom is -0.329 e. The highest BCUT2D eigenvalue weighted by Crippen LogP contribution is 2.23. The molecule has 108 valence electrons. The normalized spacial score (nSPS) is 14.7. The van der Waals surface area contributed by atoms with Crippen LogP contribution in [0, 0.1) is 19.8 Å². The molecule has 0 saturated carbocycles. The Bertz CT molecular complexity index is 387. The number of rotatable bonds is 7. The van der Waals surface area contributed by atoms with Crippen molar-refractivity contribution in [1.29, 1.82) is 0 Å². The van der Waals surface area contributed by atoms with E-state index in [-0.39, 0.29) is 0 Å². The molecule has 0 aromatic heterocycles. The third-order valence-electron chi connectivity index (χ3n) is 4.23. The van der Waals surface area contributed by atoms with Crippen LogP contribution in [0.4, 0.5) is 0 Å². The van der Waals surface area contributed by atoms with Gasteiger partial charge in [-0.15, -0.1) is 0 Å². The molecule has 2 nitrogen and oxygen atoms in total. The van der Waals surface area contributed by atoms with Gasteiger partial charge in [0, 0.05) is 19.1 Å². The summed E-state index contributed by atoms with van der Waals surface area (Å²) in [4.78, 5) is 2.51. The Morgan fingerprint density at radius 2 is 1.84 bits per heavy atom. The highest BCUT2D eigenvalue weighted by molar-refractivity contribution is 5.32. The zero-order valence-electron chi connectivity index (χ0n) is 13.2. The quantitative estimate of drug-likeness (QED) is 0.812. The summed E-state index contributed by atoms with van der Waals surface area (Å²) in [5.74, 6) is 0.723. The minimum absolute atomic E-state index is 0.346. The van der Waals surface area contributed by atoms with Crippen LogP contribution in [0.3, 0.4) is 0 Å². The maximum absolute atomic E-state index is 6.04. The molecule has 2 N–H and O–H groups in total. The summed E-state index contributed by atoms with van der Waals surface area (Å²) in [6.07, 6.45) is 1.22. The third-order valence-corrected chi connectivity index (χ3v) is 4.23. The van der Waals surface area contributed by atoms with Crippen LogP contribution < -0.4 is 5.73 Å². The Morgan fingerprint density at radius 3 is 2.32 bits per heavy atom. The first-order chi connectivity index (χ1) is 9.03. The molecule has 0 aliphatic heterocycles. The van der Waals surface area contributed by atoms with Gasteiger partial charge in [-0.25, -0.2) is 0 Å². The molecule has 0 radical (unpaired) electrons. The molecule has 2 heteroatoms. The van der Waals surface area contributed by atoms with Gasteiger partial charge in [-0.1, -0.05) is 45.4 Å². The first-order valence-electron chi connectivity index (χ1n) is 7.54. The lowest BCUT2D eigenvalue weighted by atomic mass is 9.98. The monoisotopic (exact) mass is 262 g/mol. The molecule has 0 heterocycles. The number of benzene rings is 1. The van der Waals surface area contributed by atoms with Crippen LogP contribution in [0.2, 0.25) is 0 Å². The Kier molecular flexibility index (Phi) is 6.53. The second kappa shape index (κ2) is 7.66. The second-order valence-electron chi connectivity index (χ2n) is 5.70. The summed E-state index contributed by atoms with van der Waals surface area (Å²) in [6.45, 7) is 14.0. The van der Waals surface area contributed by atoms with Crippen LogP contribution in [-0.2, 0) is 0 Å². The fraction of sp³-hybridized carbons (Fsp3) is 0.647. The van der Waals surface area contributed by atoms with E-state index in [4.69, 9.17) is 5.73 Å². The SMILES string of the molecule is CCC(C)CN(CC)C(CN)c1ccc(C)c(C)c1. The summed E-state index contributed by atoms with van der Waals surface area (Å²) in [7, 11) is 0. The van der Waals surface area contributed by atoms with E-state index in [1.54, 1.807) is 0 Å². The van der Waals surface area contributed by atoms with Gasteiger partial charge in [0.05, 0.1) is 0 Å². The lowest BCUT2D eigenvalue weighted by Gasteiger charge is -2.32. The van der Waals surface area contributed by atoms with Crippen LogP contribution in [0.5, 0.6) is 0 Å². The smallest absolute Gasteiger partial charge is 0.0470 e. The van der Waals surface area contributed by atoms with Crippen LogP contribution in [0.25, 0.3) is 0 Å². The molecule has 1 aromatic rings. The molecule has 1 aromatic carbocycles. The van der Waals surface area contributed by atoms with Gasteiger partial charge in [-0.2, -0.15) is 0 Å². The van der Waals surface area contributed by atoms with Crippen molar-refractivity contribution in [3.63, 3.8) is 0 Å². The molecule has 1 rings (SSSR count). The highest BCUT2D eigenvalue weighted by Gasteiger charge is 2.19. The van der Waals surface area contributed by atoms with Gasteiger partial charge in [-0.05, 0) is 43.0 Å². The Balaban J connectivity index is 2.93. The zero-order valence-corrected chi connectivity index (χ0v) is 13.2. The van der Waals surface area contributed by atoms with Gasteiger partial charge < -0.3 is 5.73 Å². The van der Waals surface area contributed by atoms with Crippen molar-refractivity contribution in [2.45, 2.75) is 47.1 Å². The van der Waals surface area contributed by atoms with Gasteiger partial charge in [0.25, 0.3) is 0 Å². The largest absolute Gasteiger partial charge is 0.329 e. The Morgan fingerprint density at radius 1 is 1.16 bits per heavy atom. The molecule has 0 aliphatic rings. The van der Waals surface area contributed by atoms with Crippen LogP contribution in [-0.4, -0.2) is 24.5 Å². The lowest BCUT2D eigenvalue weighted by Crippen LogP contribution is -2.36. The summed E-state index contributed by atoms with van der Waals surface area (Å²) >= 11 is 0. The fourth-order valence-electron chi connectivity index (χ4n) is 2.47. The van der Waals surface area contributed by atoms with Crippen molar-refractivity contribution >= 4 is 0 Å². The molecule has 0 aliphatic carbocycles. The topological polar surface area (TPSA) is 29.3 Å². The van der Waals surface area contributed by atoms with Gasteiger partial charge in [-0.3, -0.25) is 4.90 Å². The predicted octanol–water partition coefficient (Wildman–Crippen LogP) is 3.67. The number of nitrogens with zero attached hydrogens (tertiary/aromatic N) is 1. The molecule has 2 atom stereocenters. The van der Waals surface area contributed by atoms with Crippen LogP contribution in [0.1, 0.15) is 49.9 Å². The van der Waals surface area contributed by atoms with Gasteiger partial charge in [0.2, 0.25) is 0 Å². The highest BCUT2D eigenvalue weighted by atomic mass is 15.2. The maximum Gasteiger partial charge on any atom is 0.0470 e. The molecular weight excluding hydrogens is 232 g/mol. The summed E-state index contributed by atoms with van der Waals surface area (Å²) in [5, 5.41) is 0. The molecule has 0 spiro atoms. The van der Waals surface area contributed by atoms with Crippen LogP contribution >= 0.6 is 0 Å². The number of hydrogen-bond donors (Lipinski definition) is 1. The molecule has 0 saturated heterocycles. The Hall–Kier alpha value is -0.860. The molecule has 0 amide bonds. The van der Waals surface area contributed by atoms with E-state index in [9.17, 15) is 0 Å². The summed E-state index contributed by atoms with van der Waals surface area (Å²) in [5.41, 5.74) is 10.1. The first kappa shape index (κ1) is 16.2. The van der Waals surface area contributed by atoms with Crippen LogP contribution in [0.15, 0.2) is 18.2 Å². The molecular formula is C17H30N2. The van der Waals surface area contributed by atoms with E-state index in [1.165, 1.54) is 23.1 Å². The van der Waals surface area contributed by atoms with Crippen molar-refractivity contribution in [1.82, 2.24) is 4.90 Å². The van der Waals surface area contributed by atoms with Crippen molar-refractivity contribution in [3.05, 3.63) is 34.9 Å². The van der Waals surface area contributed by atoms with E-state index in [0.717, 1.165) is 19.0 Å².